The second-order valence-electron chi connectivity index (χ2n) is 16.3. The van der Waals surface area contributed by atoms with Crippen LogP contribution in [0.15, 0.2) is 134 Å². The van der Waals surface area contributed by atoms with E-state index in [9.17, 15) is 9.90 Å². The SMILES string of the molecule is COc1ccc([Si](C)(C)[C@H]2[C@H](CCn3cc(C(CO)c4ccccc4)nn3)O[C@@]3(C(=O)N(Cc4ccc(NC(=O)c5ccccc5)cc4)c4ccc(OC)cc43)[C@@H]2C)cc1. The summed E-state index contributed by atoms with van der Waals surface area (Å²) >= 11 is 0. The fraction of sp³-hybridized carbons (Fsp3) is 0.292. The van der Waals surface area contributed by atoms with Gasteiger partial charge in [0.1, 0.15) is 11.5 Å². The second kappa shape index (κ2) is 16.9. The molecule has 1 fully saturated rings. The van der Waals surface area contributed by atoms with Crippen molar-refractivity contribution in [2.45, 2.75) is 62.7 Å². The van der Waals surface area contributed by atoms with Crippen LogP contribution >= 0.6 is 0 Å². The van der Waals surface area contributed by atoms with E-state index in [0.717, 1.165) is 28.1 Å². The summed E-state index contributed by atoms with van der Waals surface area (Å²) in [6.45, 7) is 7.64. The zero-order valence-corrected chi connectivity index (χ0v) is 35.6. The van der Waals surface area contributed by atoms with Gasteiger partial charge in [-0.1, -0.05) is 103 Å². The highest BCUT2D eigenvalue weighted by Gasteiger charge is 2.66. The number of methoxy groups -OCH3 is 2. The molecular weight excluding hydrogens is 771 g/mol. The monoisotopic (exact) mass is 821 g/mol. The van der Waals surface area contributed by atoms with Gasteiger partial charge in [0, 0.05) is 35.5 Å². The Morgan fingerprint density at radius 1 is 0.900 bits per heavy atom. The molecule has 0 saturated carbocycles. The molecule has 1 unspecified atom stereocenters. The van der Waals surface area contributed by atoms with E-state index in [1.165, 1.54) is 5.19 Å². The van der Waals surface area contributed by atoms with E-state index >= 15 is 4.79 Å². The summed E-state index contributed by atoms with van der Waals surface area (Å²) in [5.74, 6) is 0.636. The molecule has 0 radical (unpaired) electrons. The van der Waals surface area contributed by atoms with Crippen LogP contribution < -0.4 is 24.9 Å². The molecule has 1 spiro atoms. The Labute approximate surface area is 351 Å². The second-order valence-corrected chi connectivity index (χ2v) is 21.0. The number of aliphatic hydroxyl groups is 1. The Bertz CT molecular complexity index is 2440. The molecule has 6 aromatic rings. The Hall–Kier alpha value is -6.08. The number of carbonyl (C=O) groups is 2. The number of aromatic nitrogens is 3. The molecule has 0 bridgehead atoms. The minimum atomic E-state index is -2.41. The number of fused-ring (bicyclic) bond motifs is 2. The molecule has 0 aliphatic carbocycles. The lowest BCUT2D eigenvalue weighted by Gasteiger charge is -2.37. The van der Waals surface area contributed by atoms with Crippen molar-refractivity contribution in [1.82, 2.24) is 15.0 Å². The van der Waals surface area contributed by atoms with Crippen molar-refractivity contribution in [2.24, 2.45) is 5.92 Å². The largest absolute Gasteiger partial charge is 0.497 e. The molecule has 60 heavy (non-hydrogen) atoms. The smallest absolute Gasteiger partial charge is 0.264 e. The van der Waals surface area contributed by atoms with Gasteiger partial charge < -0.3 is 29.5 Å². The van der Waals surface area contributed by atoms with E-state index in [4.69, 9.17) is 14.2 Å². The number of ether oxygens (including phenoxy) is 3. The summed E-state index contributed by atoms with van der Waals surface area (Å²) in [7, 11) is 0.895. The molecule has 8 rings (SSSR count). The summed E-state index contributed by atoms with van der Waals surface area (Å²) in [4.78, 5) is 30.1. The predicted octanol–water partition coefficient (Wildman–Crippen LogP) is 7.52. The van der Waals surface area contributed by atoms with Crippen molar-refractivity contribution in [2.75, 3.05) is 31.0 Å². The third kappa shape index (κ3) is 7.51. The van der Waals surface area contributed by atoms with Crippen LogP contribution in [-0.2, 0) is 28.2 Å². The molecule has 5 aromatic carbocycles. The number of hydrogen-bond acceptors (Lipinski definition) is 8. The normalized spacial score (nSPS) is 20.3. The van der Waals surface area contributed by atoms with E-state index in [1.807, 2.05) is 119 Å². The van der Waals surface area contributed by atoms with E-state index in [1.54, 1.807) is 26.4 Å². The molecule has 2 amide bonds. The quantitative estimate of drug-likeness (QED) is 0.108. The fourth-order valence-corrected chi connectivity index (χ4v) is 13.5. The van der Waals surface area contributed by atoms with Gasteiger partial charge in [-0.15, -0.1) is 5.10 Å². The lowest BCUT2D eigenvalue weighted by molar-refractivity contribution is -0.146. The Kier molecular flexibility index (Phi) is 11.4. The average Bonchev–Trinajstić information content (AvgIpc) is 3.94. The molecular formula is C48H51N5O6Si. The Morgan fingerprint density at radius 3 is 2.23 bits per heavy atom. The average molecular weight is 822 g/mol. The summed E-state index contributed by atoms with van der Waals surface area (Å²) in [6.07, 6.45) is 2.18. The third-order valence-electron chi connectivity index (χ3n) is 12.6. The predicted molar refractivity (Wildman–Crippen MR) is 235 cm³/mol. The Morgan fingerprint density at radius 2 is 1.57 bits per heavy atom. The van der Waals surface area contributed by atoms with Gasteiger partial charge in [0.2, 0.25) is 0 Å². The number of aliphatic hydroxyl groups excluding tert-OH is 1. The summed E-state index contributed by atoms with van der Waals surface area (Å²) in [5, 5.41) is 23.5. The first kappa shape index (κ1) is 40.7. The summed E-state index contributed by atoms with van der Waals surface area (Å²) in [6, 6.07) is 40.7. The minimum Gasteiger partial charge on any atom is -0.497 e. The summed E-state index contributed by atoms with van der Waals surface area (Å²) < 4.78 is 20.5. The number of nitrogens with one attached hydrogen (secondary N) is 1. The van der Waals surface area contributed by atoms with E-state index < -0.39 is 13.7 Å². The van der Waals surface area contributed by atoms with Crippen LogP contribution in [0.1, 0.15) is 52.0 Å². The zero-order valence-electron chi connectivity index (χ0n) is 34.6. The molecule has 2 aliphatic heterocycles. The maximum absolute atomic E-state index is 15.4. The van der Waals surface area contributed by atoms with Crippen LogP contribution in [-0.4, -0.2) is 66.9 Å². The van der Waals surface area contributed by atoms with Crippen molar-refractivity contribution in [3.8, 4) is 11.5 Å². The molecule has 308 valence electrons. The van der Waals surface area contributed by atoms with Crippen LogP contribution in [0, 0.1) is 5.92 Å². The van der Waals surface area contributed by atoms with Crippen LogP contribution in [0.3, 0.4) is 0 Å². The number of nitrogens with zero attached hydrogens (tertiary/aromatic N) is 4. The molecule has 12 heteroatoms. The number of anilines is 2. The van der Waals surface area contributed by atoms with Crippen LogP contribution in [0.5, 0.6) is 11.5 Å². The molecule has 11 nitrogen and oxygen atoms in total. The lowest BCUT2D eigenvalue weighted by atomic mass is 9.82. The molecule has 5 atom stereocenters. The van der Waals surface area contributed by atoms with Crippen molar-refractivity contribution in [3.05, 3.63) is 162 Å². The van der Waals surface area contributed by atoms with Gasteiger partial charge in [-0.05, 0) is 77.7 Å². The molecule has 1 aromatic heterocycles. The topological polar surface area (TPSA) is 128 Å². The maximum Gasteiger partial charge on any atom is 0.264 e. The first-order valence-electron chi connectivity index (χ1n) is 20.4. The van der Waals surface area contributed by atoms with Gasteiger partial charge in [0.25, 0.3) is 11.8 Å². The summed E-state index contributed by atoms with van der Waals surface area (Å²) in [5.41, 5.74) is 4.14. The highest BCUT2D eigenvalue weighted by atomic mass is 28.3. The standard InChI is InChI=1S/C48H51N5O6Si/c1-32-45(60(4,5)39-23-20-37(57-2)21-24-39)44(26-27-52-30-42(50-51-52)40(31-54)34-12-8-6-9-13-34)59-48(32)41-28-38(58-3)22-25-43(41)53(47(48)56)29-33-16-18-36(19-17-33)49-46(55)35-14-10-7-11-15-35/h6-25,28,30,32,40,44-45,54H,26-27,29,31H2,1-5H3,(H,49,55)/t32-,40?,44+,45-,48+/m1/s1. The van der Waals surface area contributed by atoms with Gasteiger partial charge in [0.15, 0.2) is 5.60 Å². The van der Waals surface area contributed by atoms with Crippen LogP contribution in [0.2, 0.25) is 18.6 Å². The van der Waals surface area contributed by atoms with E-state index in [-0.39, 0.29) is 41.9 Å². The lowest BCUT2D eigenvalue weighted by Crippen LogP contribution is -2.51. The number of carbonyl (C=O) groups excluding carboxylic acids is 2. The van der Waals surface area contributed by atoms with Gasteiger partial charge in [-0.25, -0.2) is 0 Å². The fourth-order valence-electron chi connectivity index (χ4n) is 9.41. The van der Waals surface area contributed by atoms with Gasteiger partial charge in [-0.3, -0.25) is 14.3 Å². The number of hydrogen-bond donors (Lipinski definition) is 2. The molecule has 2 N–H and O–H groups in total. The molecule has 2 aliphatic rings. The van der Waals surface area contributed by atoms with E-state index in [0.29, 0.717) is 42.2 Å². The van der Waals surface area contributed by atoms with Crippen LogP contribution in [0.4, 0.5) is 11.4 Å². The third-order valence-corrected chi connectivity index (χ3v) is 16.9. The zero-order chi connectivity index (χ0) is 42.0. The number of rotatable bonds is 14. The highest BCUT2D eigenvalue weighted by Crippen LogP contribution is 2.60. The first-order valence-corrected chi connectivity index (χ1v) is 23.5. The Balaban J connectivity index is 1.12. The van der Waals surface area contributed by atoms with Crippen molar-refractivity contribution in [3.63, 3.8) is 0 Å². The minimum absolute atomic E-state index is 0.0128. The number of aryl methyl sites for hydroxylation is 1. The van der Waals surface area contributed by atoms with Crippen molar-refractivity contribution < 1.29 is 28.9 Å². The highest BCUT2D eigenvalue weighted by molar-refractivity contribution is 6.91. The van der Waals surface area contributed by atoms with Gasteiger partial charge in [0.05, 0.1) is 58.8 Å². The van der Waals surface area contributed by atoms with Gasteiger partial charge in [-0.2, -0.15) is 0 Å². The number of benzene rings is 5. The van der Waals surface area contributed by atoms with E-state index in [2.05, 4.69) is 47.8 Å². The van der Waals surface area contributed by atoms with Crippen molar-refractivity contribution in [1.29, 1.82) is 0 Å². The van der Waals surface area contributed by atoms with Crippen molar-refractivity contribution >= 4 is 36.4 Å². The van der Waals surface area contributed by atoms with Crippen LogP contribution in [0.25, 0.3) is 0 Å². The number of amides is 2. The molecule has 1 saturated heterocycles. The maximum atomic E-state index is 15.4. The molecule has 3 heterocycles. The van der Waals surface area contributed by atoms with Gasteiger partial charge >= 0.3 is 0 Å². The first-order chi connectivity index (χ1) is 29.1.